The van der Waals surface area contributed by atoms with E-state index in [2.05, 4.69) is 24.3 Å². The Balaban J connectivity index is 1.80. The largest absolute Gasteiger partial charge is 0.376 e. The summed E-state index contributed by atoms with van der Waals surface area (Å²) in [5.41, 5.74) is 7.44. The van der Waals surface area contributed by atoms with Crippen LogP contribution in [0, 0.1) is 5.41 Å². The van der Waals surface area contributed by atoms with Crippen molar-refractivity contribution in [1.82, 2.24) is 0 Å². The van der Waals surface area contributed by atoms with Gasteiger partial charge in [0.15, 0.2) is 0 Å². The van der Waals surface area contributed by atoms with Crippen molar-refractivity contribution >= 4 is 0 Å². The van der Waals surface area contributed by atoms with Crippen LogP contribution in [0.1, 0.15) is 37.7 Å². The molecule has 1 saturated carbocycles. The van der Waals surface area contributed by atoms with E-state index >= 15 is 0 Å². The smallest absolute Gasteiger partial charge is 0.0717 e. The number of benzene rings is 1. The SMILES string of the molecule is NCC1(COCc2ccccc2)CCCCC1. The molecule has 2 rings (SSSR count). The summed E-state index contributed by atoms with van der Waals surface area (Å²) in [6, 6.07) is 10.4. The lowest BCUT2D eigenvalue weighted by molar-refractivity contribution is 0.0164. The summed E-state index contributed by atoms with van der Waals surface area (Å²) >= 11 is 0. The zero-order chi connectivity index (χ0) is 12.0. The quantitative estimate of drug-likeness (QED) is 0.848. The van der Waals surface area contributed by atoms with Crippen molar-refractivity contribution in [3.8, 4) is 0 Å². The van der Waals surface area contributed by atoms with Gasteiger partial charge in [0, 0.05) is 12.0 Å². The normalized spacial score (nSPS) is 19.1. The van der Waals surface area contributed by atoms with Crippen LogP contribution in [-0.4, -0.2) is 13.2 Å². The molecule has 1 aliphatic carbocycles. The first-order valence-electron chi connectivity index (χ1n) is 6.66. The molecule has 0 amide bonds. The molecular formula is C15H23NO. The molecule has 2 N–H and O–H groups in total. The Bertz CT molecular complexity index is 317. The highest BCUT2D eigenvalue weighted by atomic mass is 16.5. The topological polar surface area (TPSA) is 35.2 Å². The second-order valence-electron chi connectivity index (χ2n) is 5.24. The highest BCUT2D eigenvalue weighted by molar-refractivity contribution is 5.13. The highest BCUT2D eigenvalue weighted by Gasteiger charge is 2.30. The van der Waals surface area contributed by atoms with Gasteiger partial charge in [-0.1, -0.05) is 49.6 Å². The Labute approximate surface area is 104 Å². The fourth-order valence-corrected chi connectivity index (χ4v) is 2.67. The van der Waals surface area contributed by atoms with Crippen LogP contribution in [-0.2, 0) is 11.3 Å². The summed E-state index contributed by atoms with van der Waals surface area (Å²) in [5, 5.41) is 0. The van der Waals surface area contributed by atoms with Gasteiger partial charge in [-0.15, -0.1) is 0 Å². The molecule has 17 heavy (non-hydrogen) atoms. The van der Waals surface area contributed by atoms with Crippen molar-refractivity contribution in [2.24, 2.45) is 11.1 Å². The maximum Gasteiger partial charge on any atom is 0.0717 e. The minimum Gasteiger partial charge on any atom is -0.376 e. The van der Waals surface area contributed by atoms with Crippen LogP contribution in [0.5, 0.6) is 0 Å². The van der Waals surface area contributed by atoms with Crippen molar-refractivity contribution in [2.45, 2.75) is 38.7 Å². The average molecular weight is 233 g/mol. The predicted molar refractivity (Wildman–Crippen MR) is 70.7 cm³/mol. The van der Waals surface area contributed by atoms with Gasteiger partial charge in [-0.2, -0.15) is 0 Å². The molecule has 2 nitrogen and oxygen atoms in total. The number of hydrogen-bond donors (Lipinski definition) is 1. The van der Waals surface area contributed by atoms with Crippen LogP contribution in [0.25, 0.3) is 0 Å². The molecule has 0 atom stereocenters. The second kappa shape index (κ2) is 6.18. The first kappa shape index (κ1) is 12.6. The zero-order valence-electron chi connectivity index (χ0n) is 10.5. The first-order valence-corrected chi connectivity index (χ1v) is 6.66. The summed E-state index contributed by atoms with van der Waals surface area (Å²) in [6.45, 7) is 2.29. The van der Waals surface area contributed by atoms with Crippen molar-refractivity contribution < 1.29 is 4.74 Å². The summed E-state index contributed by atoms with van der Waals surface area (Å²) in [6.07, 6.45) is 6.45. The molecule has 94 valence electrons. The van der Waals surface area contributed by atoms with Crippen molar-refractivity contribution in [3.63, 3.8) is 0 Å². The third-order valence-electron chi connectivity index (χ3n) is 3.87. The van der Waals surface area contributed by atoms with E-state index in [1.165, 1.54) is 37.7 Å². The fourth-order valence-electron chi connectivity index (χ4n) is 2.67. The lowest BCUT2D eigenvalue weighted by atomic mass is 9.75. The molecule has 1 aromatic rings. The minimum atomic E-state index is 0.257. The van der Waals surface area contributed by atoms with Gasteiger partial charge in [0.25, 0.3) is 0 Å². The van der Waals surface area contributed by atoms with Crippen LogP contribution in [0.2, 0.25) is 0 Å². The minimum absolute atomic E-state index is 0.257. The van der Waals surface area contributed by atoms with Gasteiger partial charge in [-0.3, -0.25) is 0 Å². The Morgan fingerprint density at radius 2 is 1.76 bits per heavy atom. The number of ether oxygens (including phenoxy) is 1. The van der Waals surface area contributed by atoms with Crippen LogP contribution in [0.3, 0.4) is 0 Å². The van der Waals surface area contributed by atoms with E-state index in [-0.39, 0.29) is 5.41 Å². The zero-order valence-corrected chi connectivity index (χ0v) is 10.5. The molecule has 1 aliphatic rings. The molecule has 0 aliphatic heterocycles. The summed E-state index contributed by atoms with van der Waals surface area (Å²) in [7, 11) is 0. The Hall–Kier alpha value is -0.860. The van der Waals surface area contributed by atoms with Gasteiger partial charge in [-0.25, -0.2) is 0 Å². The summed E-state index contributed by atoms with van der Waals surface area (Å²) < 4.78 is 5.87. The lowest BCUT2D eigenvalue weighted by Gasteiger charge is -2.35. The van der Waals surface area contributed by atoms with E-state index in [4.69, 9.17) is 10.5 Å². The standard InChI is InChI=1S/C15H23NO/c16-12-15(9-5-2-6-10-15)13-17-11-14-7-3-1-4-8-14/h1,3-4,7-8H,2,5-6,9-13,16H2. The Morgan fingerprint density at radius 1 is 1.06 bits per heavy atom. The van der Waals surface area contributed by atoms with Gasteiger partial charge >= 0.3 is 0 Å². The van der Waals surface area contributed by atoms with Gasteiger partial charge in [0.2, 0.25) is 0 Å². The highest BCUT2D eigenvalue weighted by Crippen LogP contribution is 2.35. The van der Waals surface area contributed by atoms with E-state index in [9.17, 15) is 0 Å². The van der Waals surface area contributed by atoms with Gasteiger partial charge in [0.05, 0.1) is 13.2 Å². The maximum atomic E-state index is 5.94. The van der Waals surface area contributed by atoms with Crippen molar-refractivity contribution in [3.05, 3.63) is 35.9 Å². The van der Waals surface area contributed by atoms with Gasteiger partial charge < -0.3 is 10.5 Å². The molecule has 0 unspecified atom stereocenters. The Kier molecular flexibility index (Phi) is 4.57. The van der Waals surface area contributed by atoms with Crippen LogP contribution < -0.4 is 5.73 Å². The average Bonchev–Trinajstić information content (AvgIpc) is 2.41. The van der Waals surface area contributed by atoms with E-state index in [0.29, 0.717) is 6.61 Å². The molecule has 2 heteroatoms. The third kappa shape index (κ3) is 3.55. The number of nitrogens with two attached hydrogens (primary N) is 1. The number of rotatable bonds is 5. The number of hydrogen-bond acceptors (Lipinski definition) is 2. The molecule has 0 bridgehead atoms. The lowest BCUT2D eigenvalue weighted by Crippen LogP contribution is -2.37. The van der Waals surface area contributed by atoms with Crippen LogP contribution in [0.15, 0.2) is 30.3 Å². The Morgan fingerprint density at radius 3 is 2.41 bits per heavy atom. The maximum absolute atomic E-state index is 5.94. The first-order chi connectivity index (χ1) is 8.35. The molecule has 0 heterocycles. The molecule has 0 aromatic heterocycles. The summed E-state index contributed by atoms with van der Waals surface area (Å²) in [5.74, 6) is 0. The molecule has 0 saturated heterocycles. The molecule has 1 fully saturated rings. The molecule has 1 aromatic carbocycles. The molecule has 0 spiro atoms. The van der Waals surface area contributed by atoms with Crippen LogP contribution in [0.4, 0.5) is 0 Å². The molecule has 0 radical (unpaired) electrons. The third-order valence-corrected chi connectivity index (χ3v) is 3.87. The van der Waals surface area contributed by atoms with E-state index < -0.39 is 0 Å². The fraction of sp³-hybridized carbons (Fsp3) is 0.600. The van der Waals surface area contributed by atoms with Crippen LogP contribution >= 0.6 is 0 Å². The monoisotopic (exact) mass is 233 g/mol. The predicted octanol–water partition coefficient (Wildman–Crippen LogP) is 3.11. The van der Waals surface area contributed by atoms with E-state index in [1.54, 1.807) is 0 Å². The van der Waals surface area contributed by atoms with Gasteiger partial charge in [-0.05, 0) is 18.4 Å². The van der Waals surface area contributed by atoms with Gasteiger partial charge in [0.1, 0.15) is 0 Å². The van der Waals surface area contributed by atoms with E-state index in [1.807, 2.05) is 6.07 Å². The second-order valence-corrected chi connectivity index (χ2v) is 5.24. The molecular weight excluding hydrogens is 210 g/mol. The van der Waals surface area contributed by atoms with E-state index in [0.717, 1.165) is 13.2 Å². The van der Waals surface area contributed by atoms with Crippen molar-refractivity contribution in [1.29, 1.82) is 0 Å². The summed E-state index contributed by atoms with van der Waals surface area (Å²) in [4.78, 5) is 0. The van der Waals surface area contributed by atoms with Crippen molar-refractivity contribution in [2.75, 3.05) is 13.2 Å².